The molecule has 0 fully saturated rings. The molecule has 0 saturated heterocycles. The molecule has 5 heteroatoms. The Balaban J connectivity index is 2.59. The molecule has 0 bridgehead atoms. The minimum atomic E-state index is -0.934. The summed E-state index contributed by atoms with van der Waals surface area (Å²) in [4.78, 5) is 11.1. The van der Waals surface area contributed by atoms with E-state index in [0.717, 1.165) is 17.4 Å². The zero-order valence-corrected chi connectivity index (χ0v) is 11.2. The van der Waals surface area contributed by atoms with E-state index in [0.29, 0.717) is 10.4 Å². The predicted octanol–water partition coefficient (Wildman–Crippen LogP) is 3.15. The molecule has 0 aliphatic carbocycles. The molecule has 4 nitrogen and oxygen atoms in total. The second-order valence-electron chi connectivity index (χ2n) is 4.42. The van der Waals surface area contributed by atoms with Crippen molar-refractivity contribution in [2.45, 2.75) is 20.4 Å². The number of nitrogens with zero attached hydrogens (tertiary/aromatic N) is 2. The summed E-state index contributed by atoms with van der Waals surface area (Å²) < 4.78 is 2.43. The molecular formula is C12H13BrN2O2. The van der Waals surface area contributed by atoms with Crippen molar-refractivity contribution in [2.75, 3.05) is 0 Å². The van der Waals surface area contributed by atoms with E-state index >= 15 is 0 Å². The molecule has 0 unspecified atom stereocenters. The molecule has 0 atom stereocenters. The molecule has 0 saturated carbocycles. The van der Waals surface area contributed by atoms with E-state index in [9.17, 15) is 4.79 Å². The first-order chi connectivity index (χ1) is 7.99. The minimum Gasteiger partial charge on any atom is -0.478 e. The number of hydrogen-bond acceptors (Lipinski definition) is 2. The highest BCUT2D eigenvalue weighted by atomic mass is 79.9. The molecule has 0 aliphatic rings. The highest BCUT2D eigenvalue weighted by Crippen LogP contribution is 2.25. The number of carboxylic acid groups (broad SMARTS) is 1. The molecule has 0 spiro atoms. The maximum absolute atomic E-state index is 11.1. The van der Waals surface area contributed by atoms with Crippen molar-refractivity contribution in [2.24, 2.45) is 5.92 Å². The fraction of sp³-hybridized carbons (Fsp3) is 0.333. The molecule has 0 aliphatic heterocycles. The molecule has 2 rings (SSSR count). The van der Waals surface area contributed by atoms with E-state index < -0.39 is 5.97 Å². The van der Waals surface area contributed by atoms with Crippen molar-refractivity contribution in [1.82, 2.24) is 9.78 Å². The third-order valence-corrected chi connectivity index (χ3v) is 3.16. The van der Waals surface area contributed by atoms with E-state index in [4.69, 9.17) is 5.11 Å². The summed E-state index contributed by atoms with van der Waals surface area (Å²) in [7, 11) is 0. The van der Waals surface area contributed by atoms with Crippen LogP contribution in [0.15, 0.2) is 22.8 Å². The van der Waals surface area contributed by atoms with Gasteiger partial charge in [-0.05, 0) is 34.0 Å². The van der Waals surface area contributed by atoms with Gasteiger partial charge >= 0.3 is 5.97 Å². The third kappa shape index (κ3) is 2.34. The molecule has 0 amide bonds. The zero-order chi connectivity index (χ0) is 12.6. The Morgan fingerprint density at radius 1 is 1.53 bits per heavy atom. The van der Waals surface area contributed by atoms with Gasteiger partial charge in [0.1, 0.15) is 0 Å². The van der Waals surface area contributed by atoms with Crippen LogP contribution < -0.4 is 0 Å². The van der Waals surface area contributed by atoms with Crippen molar-refractivity contribution in [3.8, 4) is 0 Å². The lowest BCUT2D eigenvalue weighted by Gasteiger charge is -2.07. The predicted molar refractivity (Wildman–Crippen MR) is 69.2 cm³/mol. The second-order valence-corrected chi connectivity index (χ2v) is 5.27. The molecule has 2 aromatic rings. The van der Waals surface area contributed by atoms with Crippen LogP contribution in [-0.4, -0.2) is 20.9 Å². The fourth-order valence-corrected chi connectivity index (χ4v) is 2.28. The van der Waals surface area contributed by atoms with E-state index in [1.165, 1.54) is 0 Å². The first-order valence-electron chi connectivity index (χ1n) is 5.37. The van der Waals surface area contributed by atoms with Gasteiger partial charge < -0.3 is 5.11 Å². The number of benzene rings is 1. The first kappa shape index (κ1) is 12.1. The molecular weight excluding hydrogens is 284 g/mol. The van der Waals surface area contributed by atoms with Crippen LogP contribution in [0, 0.1) is 5.92 Å². The number of hydrogen-bond donors (Lipinski definition) is 1. The second kappa shape index (κ2) is 4.49. The zero-order valence-electron chi connectivity index (χ0n) is 9.64. The lowest BCUT2D eigenvalue weighted by atomic mass is 10.1. The Labute approximate surface area is 107 Å². The van der Waals surface area contributed by atoms with Crippen molar-refractivity contribution in [3.63, 3.8) is 0 Å². The van der Waals surface area contributed by atoms with E-state index in [1.807, 2.05) is 4.68 Å². The average molecular weight is 297 g/mol. The van der Waals surface area contributed by atoms with Gasteiger partial charge in [-0.15, -0.1) is 0 Å². The molecule has 1 heterocycles. The minimum absolute atomic E-state index is 0.267. The summed E-state index contributed by atoms with van der Waals surface area (Å²) in [6.45, 7) is 4.99. The number of carboxylic acids is 1. The van der Waals surface area contributed by atoms with Crippen LogP contribution in [0.5, 0.6) is 0 Å². The van der Waals surface area contributed by atoms with Crippen LogP contribution in [0.25, 0.3) is 10.9 Å². The summed E-state index contributed by atoms with van der Waals surface area (Å²) in [5.41, 5.74) is 1.13. The number of aromatic nitrogens is 2. The maximum Gasteiger partial charge on any atom is 0.336 e. The molecule has 90 valence electrons. The Kier molecular flexibility index (Phi) is 3.19. The molecule has 17 heavy (non-hydrogen) atoms. The van der Waals surface area contributed by atoms with Crippen LogP contribution in [-0.2, 0) is 6.54 Å². The quantitative estimate of drug-likeness (QED) is 0.946. The lowest BCUT2D eigenvalue weighted by molar-refractivity contribution is 0.0696. The summed E-state index contributed by atoms with van der Waals surface area (Å²) in [5, 5.41) is 14.3. The van der Waals surface area contributed by atoms with Crippen molar-refractivity contribution < 1.29 is 9.90 Å². The monoisotopic (exact) mass is 296 g/mol. The third-order valence-electron chi connectivity index (χ3n) is 2.50. The molecule has 1 aromatic carbocycles. The van der Waals surface area contributed by atoms with Gasteiger partial charge in [-0.3, -0.25) is 4.68 Å². The number of rotatable bonds is 3. The highest BCUT2D eigenvalue weighted by molar-refractivity contribution is 9.10. The molecule has 0 radical (unpaired) electrons. The van der Waals surface area contributed by atoms with E-state index in [-0.39, 0.29) is 5.56 Å². The van der Waals surface area contributed by atoms with Crippen molar-refractivity contribution >= 4 is 32.8 Å². The normalized spacial score (nSPS) is 11.3. The number of fused-ring (bicyclic) bond motifs is 1. The van der Waals surface area contributed by atoms with E-state index in [1.54, 1.807) is 18.3 Å². The lowest BCUT2D eigenvalue weighted by Crippen LogP contribution is -2.06. The first-order valence-corrected chi connectivity index (χ1v) is 6.16. The van der Waals surface area contributed by atoms with Crippen molar-refractivity contribution in [3.05, 3.63) is 28.4 Å². The Morgan fingerprint density at radius 3 is 2.82 bits per heavy atom. The standard InChI is InChI=1S/C12H13BrN2O2/c1-7(2)6-15-11-4-9(12(16)17)10(13)3-8(11)5-14-15/h3-5,7H,6H2,1-2H3,(H,16,17). The van der Waals surface area contributed by atoms with Crippen LogP contribution in [0.4, 0.5) is 0 Å². The van der Waals surface area contributed by atoms with Gasteiger partial charge in [0.2, 0.25) is 0 Å². The van der Waals surface area contributed by atoms with Gasteiger partial charge in [0, 0.05) is 16.4 Å². The number of aromatic carboxylic acids is 1. The highest BCUT2D eigenvalue weighted by Gasteiger charge is 2.13. The summed E-state index contributed by atoms with van der Waals surface area (Å²) in [6.07, 6.45) is 1.76. The Morgan fingerprint density at radius 2 is 2.24 bits per heavy atom. The number of halogens is 1. The van der Waals surface area contributed by atoms with Crippen LogP contribution in [0.2, 0.25) is 0 Å². The SMILES string of the molecule is CC(C)Cn1ncc2cc(Br)c(C(=O)O)cc21. The Bertz CT molecular complexity index is 575. The van der Waals surface area contributed by atoms with Gasteiger partial charge in [0.25, 0.3) is 0 Å². The van der Waals surface area contributed by atoms with Crippen LogP contribution in [0.3, 0.4) is 0 Å². The molecule has 1 N–H and O–H groups in total. The summed E-state index contributed by atoms with van der Waals surface area (Å²) in [5.74, 6) is -0.467. The van der Waals surface area contributed by atoms with Gasteiger partial charge in [-0.1, -0.05) is 13.8 Å². The smallest absolute Gasteiger partial charge is 0.336 e. The van der Waals surface area contributed by atoms with Crippen molar-refractivity contribution in [1.29, 1.82) is 0 Å². The van der Waals surface area contributed by atoms with Crippen LogP contribution >= 0.6 is 15.9 Å². The van der Waals surface area contributed by atoms with E-state index in [2.05, 4.69) is 34.9 Å². The van der Waals surface area contributed by atoms with Gasteiger partial charge in [-0.2, -0.15) is 5.10 Å². The van der Waals surface area contributed by atoms with Gasteiger partial charge in [0.05, 0.1) is 17.3 Å². The number of carbonyl (C=O) groups is 1. The maximum atomic E-state index is 11.1. The topological polar surface area (TPSA) is 55.1 Å². The fourth-order valence-electron chi connectivity index (χ4n) is 1.75. The van der Waals surface area contributed by atoms with Gasteiger partial charge in [-0.25, -0.2) is 4.79 Å². The Hall–Kier alpha value is -1.36. The van der Waals surface area contributed by atoms with Gasteiger partial charge in [0.15, 0.2) is 0 Å². The summed E-state index contributed by atoms with van der Waals surface area (Å²) in [6, 6.07) is 3.46. The average Bonchev–Trinajstić information content (AvgIpc) is 2.58. The van der Waals surface area contributed by atoms with Crippen LogP contribution in [0.1, 0.15) is 24.2 Å². The largest absolute Gasteiger partial charge is 0.478 e. The molecule has 1 aromatic heterocycles. The summed E-state index contributed by atoms with van der Waals surface area (Å²) >= 11 is 3.26.